The third kappa shape index (κ3) is 2.76. The first kappa shape index (κ1) is 18.1. The highest BCUT2D eigenvalue weighted by molar-refractivity contribution is 6.15. The van der Waals surface area contributed by atoms with Gasteiger partial charge in [0.2, 0.25) is 0 Å². The third-order valence-electron chi connectivity index (χ3n) is 4.77. The Morgan fingerprint density at radius 2 is 1.93 bits per heavy atom. The molecule has 0 spiro atoms. The molecule has 2 N–H and O–H groups in total. The molecule has 0 unspecified atom stereocenters. The lowest BCUT2D eigenvalue weighted by atomic mass is 10.0. The lowest BCUT2D eigenvalue weighted by Gasteiger charge is -2.10. The number of benzene rings is 2. The Balaban J connectivity index is 1.83. The highest BCUT2D eigenvalue weighted by Crippen LogP contribution is 2.41. The first-order valence-electron chi connectivity index (χ1n) is 8.71. The number of alkyl halides is 3. The van der Waals surface area contributed by atoms with Crippen LogP contribution >= 0.6 is 0 Å². The number of phenolic OH excluding ortho intramolecular Hbond substituents is 1. The molecule has 152 valence electrons. The van der Waals surface area contributed by atoms with Crippen molar-refractivity contribution < 1.29 is 27.4 Å². The first-order chi connectivity index (χ1) is 14.2. The standard InChI is InChI=1S/C20H12F3N3O4/c1-26-19-12(8-24-26)15(9-2-4-11(5-3-9)30-20(21,22)23)18-17(25-19)16-13(28)6-10(27)7-14(16)29-18/h2-8,24,28H,1H3. The fourth-order valence-electron chi connectivity index (χ4n) is 3.57. The number of ether oxygens (including phenoxy) is 1. The van der Waals surface area contributed by atoms with Crippen LogP contribution in [0.5, 0.6) is 11.5 Å². The van der Waals surface area contributed by atoms with E-state index in [9.17, 15) is 23.1 Å². The Kier molecular flexibility index (Phi) is 3.63. The Labute approximate surface area is 164 Å². The molecule has 0 amide bonds. The molecule has 0 fully saturated rings. The topological polar surface area (TPSA) is 93.3 Å². The monoisotopic (exact) mass is 415 g/mol. The number of hydrogen-bond donors (Lipinski definition) is 2. The lowest BCUT2D eigenvalue weighted by molar-refractivity contribution is -0.274. The molecule has 10 heteroatoms. The van der Waals surface area contributed by atoms with E-state index in [1.807, 2.05) is 0 Å². The van der Waals surface area contributed by atoms with Gasteiger partial charge in [0.1, 0.15) is 22.6 Å². The van der Waals surface area contributed by atoms with Crippen molar-refractivity contribution in [3.05, 3.63) is 52.8 Å². The molecular weight excluding hydrogens is 403 g/mol. The third-order valence-corrected chi connectivity index (χ3v) is 4.77. The van der Waals surface area contributed by atoms with E-state index < -0.39 is 11.8 Å². The fraction of sp³-hybridized carbons (Fsp3) is 0.100. The quantitative estimate of drug-likeness (QED) is 0.445. The molecular formula is C20H12F3N3O4. The van der Waals surface area contributed by atoms with Crippen LogP contribution in [-0.2, 0) is 7.05 Å². The normalized spacial score (nSPS) is 12.3. The molecule has 0 aliphatic rings. The highest BCUT2D eigenvalue weighted by Gasteiger charge is 2.31. The Hall–Kier alpha value is -3.95. The molecule has 0 saturated carbocycles. The van der Waals surface area contributed by atoms with E-state index >= 15 is 0 Å². The van der Waals surface area contributed by atoms with Crippen LogP contribution in [0.2, 0.25) is 0 Å². The zero-order chi connectivity index (χ0) is 21.2. The average Bonchev–Trinajstić information content (AvgIpc) is 3.20. The van der Waals surface area contributed by atoms with Crippen LogP contribution < -0.4 is 10.2 Å². The molecule has 3 heterocycles. The predicted octanol–water partition coefficient (Wildman–Crippen LogP) is 4.43. The number of aromatic nitrogens is 3. The summed E-state index contributed by atoms with van der Waals surface area (Å²) >= 11 is 0. The maximum absolute atomic E-state index is 12.5. The summed E-state index contributed by atoms with van der Waals surface area (Å²) in [5.41, 5.74) is 1.99. The molecule has 3 aromatic heterocycles. The van der Waals surface area contributed by atoms with Gasteiger partial charge in [-0.2, -0.15) is 0 Å². The summed E-state index contributed by atoms with van der Waals surface area (Å²) in [6, 6.07) is 7.65. The van der Waals surface area contributed by atoms with Crippen molar-refractivity contribution in [2.45, 2.75) is 6.36 Å². The number of nitrogens with one attached hydrogen (secondary N) is 1. The van der Waals surface area contributed by atoms with Crippen molar-refractivity contribution in [3.8, 4) is 22.6 Å². The molecule has 0 radical (unpaired) electrons. The smallest absolute Gasteiger partial charge is 0.507 e. The van der Waals surface area contributed by atoms with Crippen molar-refractivity contribution in [1.29, 1.82) is 0 Å². The number of nitrogens with zero attached hydrogens (tertiary/aromatic N) is 2. The SMILES string of the molecule is Cn1[nH]cc2c(-c3ccc(OC(F)(F)F)cc3)c3oc4cc(=O)cc(O)c4c3nc21. The summed E-state index contributed by atoms with van der Waals surface area (Å²) in [5.74, 6) is -0.619. The van der Waals surface area contributed by atoms with Crippen molar-refractivity contribution >= 4 is 33.1 Å². The number of fused-ring (bicyclic) bond motifs is 4. The van der Waals surface area contributed by atoms with Crippen molar-refractivity contribution in [1.82, 2.24) is 14.8 Å². The van der Waals surface area contributed by atoms with Crippen molar-refractivity contribution in [2.75, 3.05) is 0 Å². The minimum Gasteiger partial charge on any atom is -0.507 e. The van der Waals surface area contributed by atoms with Gasteiger partial charge in [-0.25, -0.2) is 4.98 Å². The van der Waals surface area contributed by atoms with Gasteiger partial charge in [-0.3, -0.25) is 9.48 Å². The van der Waals surface area contributed by atoms with Gasteiger partial charge in [-0.15, -0.1) is 13.2 Å². The number of phenols is 1. The van der Waals surface area contributed by atoms with Gasteiger partial charge < -0.3 is 19.4 Å². The number of aromatic amines is 1. The van der Waals surface area contributed by atoms with E-state index in [0.29, 0.717) is 33.3 Å². The largest absolute Gasteiger partial charge is 0.573 e. The zero-order valence-corrected chi connectivity index (χ0v) is 15.2. The number of rotatable bonds is 2. The molecule has 0 atom stereocenters. The molecule has 7 nitrogen and oxygen atoms in total. The molecule has 2 aromatic carbocycles. The summed E-state index contributed by atoms with van der Waals surface area (Å²) in [6.45, 7) is 0. The highest BCUT2D eigenvalue weighted by atomic mass is 19.4. The van der Waals surface area contributed by atoms with Crippen LogP contribution in [0.15, 0.2) is 51.8 Å². The molecule has 0 bridgehead atoms. The molecule has 0 saturated heterocycles. The van der Waals surface area contributed by atoms with Crippen LogP contribution in [0, 0.1) is 0 Å². The molecule has 0 aliphatic heterocycles. The fourth-order valence-corrected chi connectivity index (χ4v) is 3.57. The number of aromatic hydroxyl groups is 1. The Morgan fingerprint density at radius 1 is 1.20 bits per heavy atom. The predicted molar refractivity (Wildman–Crippen MR) is 102 cm³/mol. The average molecular weight is 415 g/mol. The van der Waals surface area contributed by atoms with Gasteiger partial charge in [-0.1, -0.05) is 12.1 Å². The molecule has 5 rings (SSSR count). The van der Waals surface area contributed by atoms with Gasteiger partial charge in [0.05, 0.1) is 5.39 Å². The van der Waals surface area contributed by atoms with Crippen LogP contribution in [0.3, 0.4) is 0 Å². The summed E-state index contributed by atoms with van der Waals surface area (Å²) < 4.78 is 48.9. The number of aryl methyl sites for hydroxylation is 1. The number of H-pyrrole nitrogens is 1. The van der Waals surface area contributed by atoms with E-state index in [1.165, 1.54) is 30.3 Å². The van der Waals surface area contributed by atoms with Crippen molar-refractivity contribution in [2.24, 2.45) is 7.05 Å². The molecule has 5 aromatic rings. The van der Waals surface area contributed by atoms with E-state index in [1.54, 1.807) is 17.9 Å². The summed E-state index contributed by atoms with van der Waals surface area (Å²) in [5, 5.41) is 14.2. The van der Waals surface area contributed by atoms with E-state index in [-0.39, 0.29) is 22.5 Å². The second-order valence-corrected chi connectivity index (χ2v) is 6.72. The molecule has 0 aliphatic carbocycles. The maximum atomic E-state index is 12.5. The number of hydrogen-bond acceptors (Lipinski definition) is 5. The number of furan rings is 1. The van der Waals surface area contributed by atoms with Gasteiger partial charge in [0.15, 0.2) is 16.7 Å². The van der Waals surface area contributed by atoms with Gasteiger partial charge in [-0.05, 0) is 17.7 Å². The Morgan fingerprint density at radius 3 is 2.63 bits per heavy atom. The second kappa shape index (κ2) is 6.02. The molecule has 30 heavy (non-hydrogen) atoms. The Bertz CT molecular complexity index is 1490. The van der Waals surface area contributed by atoms with E-state index in [4.69, 9.17) is 4.42 Å². The summed E-state index contributed by atoms with van der Waals surface area (Å²) in [4.78, 5) is 16.3. The van der Waals surface area contributed by atoms with Gasteiger partial charge in [0, 0.05) is 36.3 Å². The lowest BCUT2D eigenvalue weighted by Crippen LogP contribution is -2.16. The van der Waals surface area contributed by atoms with Gasteiger partial charge >= 0.3 is 6.36 Å². The second-order valence-electron chi connectivity index (χ2n) is 6.72. The maximum Gasteiger partial charge on any atom is 0.573 e. The van der Waals surface area contributed by atoms with Crippen LogP contribution in [0.25, 0.3) is 44.2 Å². The number of halogens is 3. The minimum atomic E-state index is -4.79. The summed E-state index contributed by atoms with van der Waals surface area (Å²) in [7, 11) is 1.74. The van der Waals surface area contributed by atoms with Crippen LogP contribution in [0.1, 0.15) is 0 Å². The van der Waals surface area contributed by atoms with Gasteiger partial charge in [0.25, 0.3) is 0 Å². The minimum absolute atomic E-state index is 0.167. The van der Waals surface area contributed by atoms with Crippen LogP contribution in [-0.4, -0.2) is 26.2 Å². The first-order valence-corrected chi connectivity index (χ1v) is 8.71. The zero-order valence-electron chi connectivity index (χ0n) is 15.2. The van der Waals surface area contributed by atoms with Crippen LogP contribution in [0.4, 0.5) is 13.2 Å². The summed E-state index contributed by atoms with van der Waals surface area (Å²) in [6.07, 6.45) is -3.11. The van der Waals surface area contributed by atoms with E-state index in [2.05, 4.69) is 14.8 Å². The van der Waals surface area contributed by atoms with Crippen molar-refractivity contribution in [3.63, 3.8) is 0 Å². The number of pyridine rings is 1. The van der Waals surface area contributed by atoms with E-state index in [0.717, 1.165) is 6.07 Å².